The molecule has 0 atom stereocenters. The molecule has 1 N–H and O–H groups in total. The third-order valence-electron chi connectivity index (χ3n) is 3.45. The normalized spacial score (nSPS) is 17.1. The third kappa shape index (κ3) is 4.40. The van der Waals surface area contributed by atoms with E-state index in [9.17, 15) is 8.42 Å². The first-order chi connectivity index (χ1) is 9.62. The summed E-state index contributed by atoms with van der Waals surface area (Å²) in [5, 5.41) is 3.35. The molecule has 2 rings (SSSR count). The third-order valence-corrected chi connectivity index (χ3v) is 6.15. The van der Waals surface area contributed by atoms with Crippen LogP contribution in [0, 0.1) is 0 Å². The number of benzene rings is 1. The SMILES string of the molecule is CCS(=O)(=O)c1ccc(NCCN2CCSCC2)cc1. The van der Waals surface area contributed by atoms with Gasteiger partial charge in [-0.15, -0.1) is 0 Å². The Hall–Kier alpha value is -0.720. The van der Waals surface area contributed by atoms with Crippen LogP contribution in [0.3, 0.4) is 0 Å². The minimum Gasteiger partial charge on any atom is -0.384 e. The summed E-state index contributed by atoms with van der Waals surface area (Å²) in [6, 6.07) is 7.04. The fourth-order valence-corrected chi connectivity index (χ4v) is 3.99. The van der Waals surface area contributed by atoms with Gasteiger partial charge in [-0.05, 0) is 24.3 Å². The van der Waals surface area contributed by atoms with E-state index in [2.05, 4.69) is 10.2 Å². The lowest BCUT2D eigenvalue weighted by molar-refractivity contribution is 0.314. The van der Waals surface area contributed by atoms with E-state index in [4.69, 9.17) is 0 Å². The Labute approximate surface area is 125 Å². The van der Waals surface area contributed by atoms with E-state index >= 15 is 0 Å². The van der Waals surface area contributed by atoms with E-state index < -0.39 is 9.84 Å². The van der Waals surface area contributed by atoms with Crippen molar-refractivity contribution in [3.05, 3.63) is 24.3 Å². The maximum atomic E-state index is 11.7. The van der Waals surface area contributed by atoms with Gasteiger partial charge in [0.15, 0.2) is 9.84 Å². The molecule has 0 aromatic heterocycles. The van der Waals surface area contributed by atoms with Crippen molar-refractivity contribution in [3.8, 4) is 0 Å². The van der Waals surface area contributed by atoms with Crippen molar-refractivity contribution < 1.29 is 8.42 Å². The molecule has 1 aliphatic rings. The van der Waals surface area contributed by atoms with Crippen LogP contribution in [0.15, 0.2) is 29.2 Å². The van der Waals surface area contributed by atoms with Gasteiger partial charge in [0, 0.05) is 43.4 Å². The number of hydrogen-bond donors (Lipinski definition) is 1. The van der Waals surface area contributed by atoms with Crippen LogP contribution in [0.2, 0.25) is 0 Å². The molecule has 1 saturated heterocycles. The second kappa shape index (κ2) is 7.33. The monoisotopic (exact) mass is 314 g/mol. The van der Waals surface area contributed by atoms with Crippen molar-refractivity contribution in [3.63, 3.8) is 0 Å². The van der Waals surface area contributed by atoms with Crippen LogP contribution in [0.1, 0.15) is 6.92 Å². The van der Waals surface area contributed by atoms with Gasteiger partial charge in [-0.25, -0.2) is 8.42 Å². The predicted octanol–water partition coefficient (Wildman–Crippen LogP) is 1.94. The van der Waals surface area contributed by atoms with Crippen LogP contribution >= 0.6 is 11.8 Å². The summed E-state index contributed by atoms with van der Waals surface area (Å²) in [5.41, 5.74) is 0.978. The predicted molar refractivity (Wildman–Crippen MR) is 86.4 cm³/mol. The first-order valence-corrected chi connectivity index (χ1v) is 9.79. The van der Waals surface area contributed by atoms with E-state index in [-0.39, 0.29) is 5.75 Å². The van der Waals surface area contributed by atoms with Gasteiger partial charge in [0.1, 0.15) is 0 Å². The summed E-state index contributed by atoms with van der Waals surface area (Å²) < 4.78 is 23.4. The van der Waals surface area contributed by atoms with Gasteiger partial charge < -0.3 is 5.32 Å². The molecule has 20 heavy (non-hydrogen) atoms. The smallest absolute Gasteiger partial charge is 0.178 e. The summed E-state index contributed by atoms with van der Waals surface area (Å²) in [7, 11) is -3.09. The molecule has 0 bridgehead atoms. The lowest BCUT2D eigenvalue weighted by atomic mass is 10.3. The number of hydrogen-bond acceptors (Lipinski definition) is 5. The van der Waals surface area contributed by atoms with E-state index in [1.807, 2.05) is 23.9 Å². The quantitative estimate of drug-likeness (QED) is 0.869. The minimum atomic E-state index is -3.09. The van der Waals surface area contributed by atoms with Crippen LogP contribution in [0.5, 0.6) is 0 Å². The Morgan fingerprint density at radius 2 is 1.85 bits per heavy atom. The molecule has 112 valence electrons. The first-order valence-electron chi connectivity index (χ1n) is 6.98. The molecule has 0 spiro atoms. The highest BCUT2D eigenvalue weighted by molar-refractivity contribution is 7.99. The standard InChI is InChI=1S/C14H22N2O2S2/c1-2-20(17,18)14-5-3-13(4-6-14)15-7-8-16-9-11-19-12-10-16/h3-6,15H,2,7-12H2,1H3. The van der Waals surface area contributed by atoms with E-state index in [1.54, 1.807) is 19.1 Å². The molecule has 1 aliphatic heterocycles. The minimum absolute atomic E-state index is 0.146. The number of rotatable bonds is 6. The Kier molecular flexibility index (Phi) is 5.74. The Bertz CT molecular complexity index is 508. The van der Waals surface area contributed by atoms with Gasteiger partial charge in [-0.2, -0.15) is 11.8 Å². The second-order valence-electron chi connectivity index (χ2n) is 4.81. The first kappa shape index (κ1) is 15.7. The topological polar surface area (TPSA) is 49.4 Å². The van der Waals surface area contributed by atoms with Crippen LogP contribution in [0.25, 0.3) is 0 Å². The van der Waals surface area contributed by atoms with Gasteiger partial charge in [-0.3, -0.25) is 4.90 Å². The fraction of sp³-hybridized carbons (Fsp3) is 0.571. The molecule has 4 nitrogen and oxygen atoms in total. The largest absolute Gasteiger partial charge is 0.384 e. The zero-order valence-corrected chi connectivity index (χ0v) is 13.5. The van der Waals surface area contributed by atoms with Crippen molar-refractivity contribution in [2.75, 3.05) is 48.8 Å². The van der Waals surface area contributed by atoms with Crippen molar-refractivity contribution in [1.29, 1.82) is 0 Å². The molecule has 0 aliphatic carbocycles. The molecule has 6 heteroatoms. The molecule has 1 aromatic rings. The van der Waals surface area contributed by atoms with E-state index in [0.717, 1.165) is 18.8 Å². The van der Waals surface area contributed by atoms with Gasteiger partial charge in [0.2, 0.25) is 0 Å². The summed E-state index contributed by atoms with van der Waals surface area (Å²) in [6.07, 6.45) is 0. The molecule has 0 amide bonds. The highest BCUT2D eigenvalue weighted by Crippen LogP contribution is 2.15. The number of thioether (sulfide) groups is 1. The number of sulfone groups is 1. The van der Waals surface area contributed by atoms with Crippen molar-refractivity contribution in [1.82, 2.24) is 4.90 Å². The van der Waals surface area contributed by atoms with Crippen LogP contribution in [0.4, 0.5) is 5.69 Å². The summed E-state index contributed by atoms with van der Waals surface area (Å²) in [5.74, 6) is 2.60. The average molecular weight is 314 g/mol. The Morgan fingerprint density at radius 1 is 1.20 bits per heavy atom. The van der Waals surface area contributed by atoms with E-state index in [0.29, 0.717) is 4.90 Å². The molecule has 1 fully saturated rings. The molecule has 0 unspecified atom stereocenters. The highest BCUT2D eigenvalue weighted by Gasteiger charge is 2.11. The molecule has 1 heterocycles. The molecule has 0 saturated carbocycles. The van der Waals surface area contributed by atoms with Crippen molar-refractivity contribution >= 4 is 27.3 Å². The van der Waals surface area contributed by atoms with Gasteiger partial charge in [-0.1, -0.05) is 6.92 Å². The zero-order chi connectivity index (χ0) is 14.4. The lowest BCUT2D eigenvalue weighted by Gasteiger charge is -2.26. The van der Waals surface area contributed by atoms with Crippen molar-refractivity contribution in [2.24, 2.45) is 0 Å². The summed E-state index contributed by atoms with van der Waals surface area (Å²) >= 11 is 2.02. The maximum absolute atomic E-state index is 11.7. The Balaban J connectivity index is 1.82. The van der Waals surface area contributed by atoms with Crippen LogP contribution in [-0.4, -0.2) is 56.8 Å². The van der Waals surface area contributed by atoms with E-state index in [1.165, 1.54) is 24.6 Å². The van der Waals surface area contributed by atoms with Gasteiger partial charge in [0.25, 0.3) is 0 Å². The fourth-order valence-electron chi connectivity index (χ4n) is 2.13. The van der Waals surface area contributed by atoms with Crippen molar-refractivity contribution in [2.45, 2.75) is 11.8 Å². The maximum Gasteiger partial charge on any atom is 0.178 e. The Morgan fingerprint density at radius 3 is 2.45 bits per heavy atom. The van der Waals surface area contributed by atoms with Crippen LogP contribution in [-0.2, 0) is 9.84 Å². The van der Waals surface area contributed by atoms with Crippen LogP contribution < -0.4 is 5.32 Å². The second-order valence-corrected chi connectivity index (χ2v) is 8.31. The molecular weight excluding hydrogens is 292 g/mol. The lowest BCUT2D eigenvalue weighted by Crippen LogP contribution is -2.36. The van der Waals surface area contributed by atoms with Gasteiger partial charge in [0.05, 0.1) is 10.6 Å². The van der Waals surface area contributed by atoms with Gasteiger partial charge >= 0.3 is 0 Å². The molecular formula is C14H22N2O2S2. The number of nitrogens with one attached hydrogen (secondary N) is 1. The molecule has 1 aromatic carbocycles. The summed E-state index contributed by atoms with van der Waals surface area (Å²) in [4.78, 5) is 2.86. The molecule has 0 radical (unpaired) electrons. The number of anilines is 1. The zero-order valence-electron chi connectivity index (χ0n) is 11.8. The number of nitrogens with zero attached hydrogens (tertiary/aromatic N) is 1. The summed E-state index contributed by atoms with van der Waals surface area (Å²) in [6.45, 7) is 5.93. The highest BCUT2D eigenvalue weighted by atomic mass is 32.2. The average Bonchev–Trinajstić information content (AvgIpc) is 2.49.